The molecule has 2 aromatic carbocycles. The first-order valence-electron chi connectivity index (χ1n) is 9.67. The molecule has 8 heteroatoms. The zero-order valence-electron chi connectivity index (χ0n) is 17.4. The molecule has 0 saturated carbocycles. The van der Waals surface area contributed by atoms with E-state index in [4.69, 9.17) is 4.74 Å². The fourth-order valence-electron chi connectivity index (χ4n) is 3.14. The lowest BCUT2D eigenvalue weighted by atomic mass is 10.1. The van der Waals surface area contributed by atoms with Crippen molar-refractivity contribution in [3.63, 3.8) is 0 Å². The lowest BCUT2D eigenvalue weighted by Gasteiger charge is -2.13. The van der Waals surface area contributed by atoms with Crippen LogP contribution >= 0.6 is 0 Å². The van der Waals surface area contributed by atoms with Crippen molar-refractivity contribution in [2.24, 2.45) is 0 Å². The second-order valence-electron chi connectivity index (χ2n) is 7.25. The fourth-order valence-corrected chi connectivity index (χ4v) is 4.51. The summed E-state index contributed by atoms with van der Waals surface area (Å²) < 4.78 is 35.8. The zero-order valence-corrected chi connectivity index (χ0v) is 18.2. The van der Waals surface area contributed by atoms with Crippen molar-refractivity contribution >= 4 is 15.7 Å². The van der Waals surface area contributed by atoms with Crippen LogP contribution in [0.1, 0.15) is 16.7 Å². The first-order valence-corrected chi connectivity index (χ1v) is 11.2. The van der Waals surface area contributed by atoms with E-state index in [1.807, 2.05) is 49.0 Å². The number of ether oxygens (including phenoxy) is 1. The van der Waals surface area contributed by atoms with Crippen LogP contribution in [0.5, 0.6) is 11.6 Å². The van der Waals surface area contributed by atoms with Gasteiger partial charge in [-0.3, -0.25) is 4.72 Å². The molecule has 2 heterocycles. The van der Waals surface area contributed by atoms with Gasteiger partial charge < -0.3 is 9.30 Å². The van der Waals surface area contributed by atoms with E-state index in [1.165, 1.54) is 0 Å². The SMILES string of the molecule is Cc1cc(C)c(S(=O)(=O)Nc2ccc(Oc3ccc(-n4cccc4)nn3)cc2)cc1C. The van der Waals surface area contributed by atoms with Gasteiger partial charge >= 0.3 is 0 Å². The van der Waals surface area contributed by atoms with Crippen molar-refractivity contribution in [1.29, 1.82) is 0 Å². The minimum atomic E-state index is -3.70. The Labute approximate surface area is 181 Å². The summed E-state index contributed by atoms with van der Waals surface area (Å²) in [6.07, 6.45) is 3.76. The number of rotatable bonds is 6. The zero-order chi connectivity index (χ0) is 22.0. The Morgan fingerprint density at radius 2 is 1.52 bits per heavy atom. The van der Waals surface area contributed by atoms with Crippen molar-refractivity contribution < 1.29 is 13.2 Å². The second kappa shape index (κ2) is 8.23. The highest BCUT2D eigenvalue weighted by Crippen LogP contribution is 2.25. The molecule has 31 heavy (non-hydrogen) atoms. The van der Waals surface area contributed by atoms with Gasteiger partial charge in [0.05, 0.1) is 4.90 Å². The summed E-state index contributed by atoms with van der Waals surface area (Å²) in [4.78, 5) is 0.272. The number of nitrogens with one attached hydrogen (secondary N) is 1. The summed E-state index contributed by atoms with van der Waals surface area (Å²) >= 11 is 0. The van der Waals surface area contributed by atoms with Crippen LogP contribution in [0.3, 0.4) is 0 Å². The topological polar surface area (TPSA) is 86.1 Å². The van der Waals surface area contributed by atoms with Crippen LogP contribution in [0.15, 0.2) is 78.0 Å². The molecule has 4 aromatic rings. The van der Waals surface area contributed by atoms with E-state index in [1.54, 1.807) is 49.4 Å². The number of sulfonamides is 1. The molecule has 0 aliphatic carbocycles. The molecule has 7 nitrogen and oxygen atoms in total. The number of hydrogen-bond acceptors (Lipinski definition) is 5. The molecular weight excluding hydrogens is 412 g/mol. The molecule has 0 spiro atoms. The van der Waals surface area contributed by atoms with Crippen LogP contribution < -0.4 is 9.46 Å². The molecule has 0 unspecified atom stereocenters. The Bertz CT molecular complexity index is 1300. The number of anilines is 1. The predicted octanol–water partition coefficient (Wildman–Crippen LogP) is 4.79. The molecule has 2 aromatic heterocycles. The Hall–Kier alpha value is -3.65. The highest BCUT2D eigenvalue weighted by atomic mass is 32.2. The largest absolute Gasteiger partial charge is 0.438 e. The number of hydrogen-bond donors (Lipinski definition) is 1. The van der Waals surface area contributed by atoms with Gasteiger partial charge in [0.15, 0.2) is 5.82 Å². The minimum absolute atomic E-state index is 0.272. The van der Waals surface area contributed by atoms with Gasteiger partial charge in [-0.1, -0.05) is 6.07 Å². The van der Waals surface area contributed by atoms with Crippen molar-refractivity contribution in [1.82, 2.24) is 14.8 Å². The molecule has 0 radical (unpaired) electrons. The third-order valence-corrected chi connectivity index (χ3v) is 6.43. The maximum atomic E-state index is 12.8. The lowest BCUT2D eigenvalue weighted by molar-refractivity contribution is 0.454. The van der Waals surface area contributed by atoms with Gasteiger partial charge in [0, 0.05) is 24.1 Å². The van der Waals surface area contributed by atoms with Crippen LogP contribution in [0, 0.1) is 20.8 Å². The van der Waals surface area contributed by atoms with Gasteiger partial charge in [-0.15, -0.1) is 10.2 Å². The maximum absolute atomic E-state index is 12.8. The van der Waals surface area contributed by atoms with Crippen molar-refractivity contribution in [2.75, 3.05) is 4.72 Å². The number of nitrogens with zero attached hydrogens (tertiary/aromatic N) is 3. The Kier molecular flexibility index (Phi) is 5.48. The highest BCUT2D eigenvalue weighted by molar-refractivity contribution is 7.92. The molecular formula is C23H22N4O3S. The standard InChI is InChI=1S/C23H22N4O3S/c1-16-14-18(3)21(15-17(16)2)31(28,29)26-19-6-8-20(9-7-19)30-23-11-10-22(24-25-23)27-12-4-5-13-27/h4-15,26H,1-3H3. The summed E-state index contributed by atoms with van der Waals surface area (Å²) in [6, 6.07) is 17.5. The van der Waals surface area contributed by atoms with Crippen LogP contribution in [0.4, 0.5) is 5.69 Å². The average molecular weight is 435 g/mol. The van der Waals surface area contributed by atoms with E-state index in [0.717, 1.165) is 11.1 Å². The van der Waals surface area contributed by atoms with Gasteiger partial charge in [-0.2, -0.15) is 0 Å². The average Bonchev–Trinajstić information content (AvgIpc) is 3.27. The molecule has 4 rings (SSSR count). The highest BCUT2D eigenvalue weighted by Gasteiger charge is 2.18. The molecule has 0 bridgehead atoms. The molecule has 0 fully saturated rings. The molecule has 0 atom stereocenters. The smallest absolute Gasteiger partial charge is 0.262 e. The third-order valence-electron chi connectivity index (χ3n) is 4.90. The number of aromatic nitrogens is 3. The molecule has 0 amide bonds. The van der Waals surface area contributed by atoms with E-state index in [2.05, 4.69) is 14.9 Å². The maximum Gasteiger partial charge on any atom is 0.262 e. The molecule has 158 valence electrons. The molecule has 1 N–H and O–H groups in total. The van der Waals surface area contributed by atoms with Crippen LogP contribution in [0.25, 0.3) is 5.82 Å². The lowest BCUT2D eigenvalue weighted by Crippen LogP contribution is -2.14. The third kappa shape index (κ3) is 4.59. The molecule has 0 saturated heterocycles. The summed E-state index contributed by atoms with van der Waals surface area (Å²) in [5.41, 5.74) is 3.14. The second-order valence-corrected chi connectivity index (χ2v) is 8.90. The van der Waals surface area contributed by atoms with Crippen LogP contribution in [0.2, 0.25) is 0 Å². The van der Waals surface area contributed by atoms with Crippen LogP contribution in [-0.4, -0.2) is 23.2 Å². The number of aryl methyl sites for hydroxylation is 3. The minimum Gasteiger partial charge on any atom is -0.438 e. The number of benzene rings is 2. The van der Waals surface area contributed by atoms with Gasteiger partial charge in [0.2, 0.25) is 5.88 Å². The van der Waals surface area contributed by atoms with Gasteiger partial charge in [-0.25, -0.2) is 8.42 Å². The Balaban J connectivity index is 1.46. The quantitative estimate of drug-likeness (QED) is 0.472. The van der Waals surface area contributed by atoms with E-state index in [-0.39, 0.29) is 4.90 Å². The van der Waals surface area contributed by atoms with E-state index in [0.29, 0.717) is 28.7 Å². The predicted molar refractivity (Wildman–Crippen MR) is 119 cm³/mol. The van der Waals surface area contributed by atoms with Crippen molar-refractivity contribution in [3.8, 4) is 17.4 Å². The molecule has 0 aliphatic heterocycles. The van der Waals surface area contributed by atoms with Crippen molar-refractivity contribution in [3.05, 3.63) is 89.7 Å². The fraction of sp³-hybridized carbons (Fsp3) is 0.130. The Morgan fingerprint density at radius 3 is 2.16 bits per heavy atom. The summed E-state index contributed by atoms with van der Waals surface area (Å²) in [5.74, 6) is 1.55. The summed E-state index contributed by atoms with van der Waals surface area (Å²) in [7, 11) is -3.70. The van der Waals surface area contributed by atoms with Gasteiger partial charge in [-0.05, 0) is 86.0 Å². The van der Waals surface area contributed by atoms with Gasteiger partial charge in [0.25, 0.3) is 10.0 Å². The monoisotopic (exact) mass is 434 g/mol. The van der Waals surface area contributed by atoms with Crippen molar-refractivity contribution in [2.45, 2.75) is 25.7 Å². The van der Waals surface area contributed by atoms with E-state index < -0.39 is 10.0 Å². The molecule has 0 aliphatic rings. The van der Waals surface area contributed by atoms with Crippen LogP contribution in [-0.2, 0) is 10.0 Å². The first-order chi connectivity index (χ1) is 14.8. The van der Waals surface area contributed by atoms with E-state index in [9.17, 15) is 8.42 Å². The Morgan fingerprint density at radius 1 is 0.839 bits per heavy atom. The normalized spacial score (nSPS) is 11.3. The summed E-state index contributed by atoms with van der Waals surface area (Å²) in [5, 5.41) is 8.21. The summed E-state index contributed by atoms with van der Waals surface area (Å²) in [6.45, 7) is 5.65. The van der Waals surface area contributed by atoms with Gasteiger partial charge in [0.1, 0.15) is 5.75 Å². The first kappa shape index (κ1) is 20.6. The van der Waals surface area contributed by atoms with E-state index >= 15 is 0 Å².